The van der Waals surface area contributed by atoms with Gasteiger partial charge in [0.15, 0.2) is 0 Å². The molecule has 0 spiro atoms. The van der Waals surface area contributed by atoms with Crippen LogP contribution in [0.3, 0.4) is 0 Å². The van der Waals surface area contributed by atoms with E-state index in [1.165, 1.54) is 6.07 Å². The molecule has 1 nitrogen and oxygen atoms in total. The summed E-state index contributed by atoms with van der Waals surface area (Å²) in [5.41, 5.74) is 8.36. The summed E-state index contributed by atoms with van der Waals surface area (Å²) in [5, 5.41) is 0.548. The average molecular weight is 278 g/mol. The first-order chi connectivity index (χ1) is 8.84. The fourth-order valence-electron chi connectivity index (χ4n) is 2.59. The lowest BCUT2D eigenvalue weighted by molar-refractivity contribution is 0.526. The summed E-state index contributed by atoms with van der Waals surface area (Å²) in [4.78, 5) is 0. The van der Waals surface area contributed by atoms with Crippen molar-refractivity contribution < 1.29 is 4.39 Å². The maximum atomic E-state index is 14.3. The van der Waals surface area contributed by atoms with Crippen LogP contribution in [0.1, 0.15) is 29.2 Å². The highest BCUT2D eigenvalue weighted by Gasteiger charge is 2.30. The van der Waals surface area contributed by atoms with Crippen molar-refractivity contribution in [1.29, 1.82) is 0 Å². The highest BCUT2D eigenvalue weighted by atomic mass is 35.5. The molecule has 2 aromatic carbocycles. The number of nitrogens with two attached hydrogens (primary N) is 1. The molecular weight excluding hydrogens is 261 g/mol. The summed E-state index contributed by atoms with van der Waals surface area (Å²) in [5.74, 6) is -0.289. The Morgan fingerprint density at radius 2 is 1.79 bits per heavy atom. The number of halogens is 2. The second kappa shape index (κ2) is 4.95. The maximum Gasteiger partial charge on any atom is 0.129 e. The van der Waals surface area contributed by atoms with Crippen LogP contribution in [-0.4, -0.2) is 0 Å². The van der Waals surface area contributed by atoms with Crippen molar-refractivity contribution in [3.8, 4) is 0 Å². The summed E-state index contributed by atoms with van der Waals surface area (Å²) in [6, 6.07) is 10.7. The van der Waals surface area contributed by atoms with Crippen LogP contribution in [0.25, 0.3) is 0 Å². The SMILES string of the molecule is Cc1cc(C)c(C(C)(N)c2ccccc2Cl)c(F)c1. The Morgan fingerprint density at radius 3 is 2.37 bits per heavy atom. The van der Waals surface area contributed by atoms with Crippen molar-refractivity contribution in [1.82, 2.24) is 0 Å². The quantitative estimate of drug-likeness (QED) is 0.869. The van der Waals surface area contributed by atoms with Crippen LogP contribution in [-0.2, 0) is 5.54 Å². The molecule has 0 aliphatic heterocycles. The minimum atomic E-state index is -0.958. The zero-order valence-corrected chi connectivity index (χ0v) is 12.1. The molecule has 0 radical (unpaired) electrons. The van der Waals surface area contributed by atoms with Gasteiger partial charge in [-0.1, -0.05) is 35.9 Å². The molecule has 2 N–H and O–H groups in total. The Kier molecular flexibility index (Phi) is 3.66. The fourth-order valence-corrected chi connectivity index (χ4v) is 2.92. The highest BCUT2D eigenvalue weighted by Crippen LogP contribution is 2.35. The van der Waals surface area contributed by atoms with Crippen molar-refractivity contribution >= 4 is 11.6 Å². The summed E-state index contributed by atoms with van der Waals surface area (Å²) >= 11 is 6.19. The van der Waals surface area contributed by atoms with Gasteiger partial charge in [0, 0.05) is 10.6 Å². The van der Waals surface area contributed by atoms with Gasteiger partial charge in [0.05, 0.1) is 5.54 Å². The van der Waals surface area contributed by atoms with Gasteiger partial charge in [-0.25, -0.2) is 4.39 Å². The lowest BCUT2D eigenvalue weighted by Gasteiger charge is -2.29. The first-order valence-electron chi connectivity index (χ1n) is 6.15. The van der Waals surface area contributed by atoms with E-state index in [9.17, 15) is 4.39 Å². The number of rotatable bonds is 2. The van der Waals surface area contributed by atoms with E-state index < -0.39 is 5.54 Å². The summed E-state index contributed by atoms with van der Waals surface area (Å²) < 4.78 is 14.3. The standard InChI is InChI=1S/C16H17ClFN/c1-10-8-11(2)15(14(18)9-10)16(3,19)12-6-4-5-7-13(12)17/h4-9H,19H2,1-3H3. The zero-order valence-electron chi connectivity index (χ0n) is 11.3. The van der Waals surface area contributed by atoms with Crippen LogP contribution in [0.5, 0.6) is 0 Å². The molecule has 3 heteroatoms. The van der Waals surface area contributed by atoms with Crippen LogP contribution in [0.2, 0.25) is 5.02 Å². The first-order valence-corrected chi connectivity index (χ1v) is 6.53. The molecule has 0 heterocycles. The van der Waals surface area contributed by atoms with E-state index in [4.69, 9.17) is 17.3 Å². The Balaban J connectivity index is 2.67. The molecule has 0 saturated carbocycles. The summed E-state index contributed by atoms with van der Waals surface area (Å²) in [6.07, 6.45) is 0. The molecule has 100 valence electrons. The van der Waals surface area contributed by atoms with Gasteiger partial charge in [0.1, 0.15) is 5.82 Å². The Hall–Kier alpha value is -1.38. The monoisotopic (exact) mass is 277 g/mol. The molecule has 2 rings (SSSR count). The lowest BCUT2D eigenvalue weighted by Crippen LogP contribution is -2.36. The Labute approximate surface area is 118 Å². The third-order valence-electron chi connectivity index (χ3n) is 3.38. The molecule has 0 saturated heterocycles. The van der Waals surface area contributed by atoms with Crippen molar-refractivity contribution in [2.45, 2.75) is 26.3 Å². The molecule has 1 unspecified atom stereocenters. The Morgan fingerprint density at radius 1 is 1.16 bits per heavy atom. The molecule has 2 aromatic rings. The first kappa shape index (κ1) is 14.0. The van der Waals surface area contributed by atoms with Gasteiger partial charge in [0.25, 0.3) is 0 Å². The molecule has 0 aliphatic carbocycles. The number of aryl methyl sites for hydroxylation is 2. The molecule has 0 aromatic heterocycles. The minimum absolute atomic E-state index is 0.289. The topological polar surface area (TPSA) is 26.0 Å². The van der Waals surface area contributed by atoms with Gasteiger partial charge in [-0.15, -0.1) is 0 Å². The molecule has 0 bridgehead atoms. The van der Waals surface area contributed by atoms with Gasteiger partial charge < -0.3 is 5.73 Å². The molecule has 19 heavy (non-hydrogen) atoms. The van der Waals surface area contributed by atoms with E-state index in [-0.39, 0.29) is 5.82 Å². The van der Waals surface area contributed by atoms with Crippen molar-refractivity contribution in [2.75, 3.05) is 0 Å². The molecule has 0 aliphatic rings. The van der Waals surface area contributed by atoms with Crippen molar-refractivity contribution in [2.24, 2.45) is 5.73 Å². The summed E-state index contributed by atoms with van der Waals surface area (Å²) in [7, 11) is 0. The van der Waals surface area contributed by atoms with Crippen LogP contribution in [0.4, 0.5) is 4.39 Å². The van der Waals surface area contributed by atoms with E-state index in [0.717, 1.165) is 16.7 Å². The van der Waals surface area contributed by atoms with Crippen molar-refractivity contribution in [3.05, 3.63) is 69.5 Å². The highest BCUT2D eigenvalue weighted by molar-refractivity contribution is 6.31. The second-order valence-corrected chi connectivity index (χ2v) is 5.53. The smallest absolute Gasteiger partial charge is 0.129 e. The van der Waals surface area contributed by atoms with E-state index in [1.54, 1.807) is 13.0 Å². The molecule has 0 amide bonds. The van der Waals surface area contributed by atoms with E-state index in [0.29, 0.717) is 10.6 Å². The second-order valence-electron chi connectivity index (χ2n) is 5.12. The number of hydrogen-bond donors (Lipinski definition) is 1. The normalized spacial score (nSPS) is 14.2. The predicted octanol–water partition coefficient (Wildman–Crippen LogP) is 4.32. The van der Waals surface area contributed by atoms with Gasteiger partial charge >= 0.3 is 0 Å². The van der Waals surface area contributed by atoms with Crippen LogP contribution < -0.4 is 5.73 Å². The maximum absolute atomic E-state index is 14.3. The van der Waals surface area contributed by atoms with Crippen LogP contribution in [0.15, 0.2) is 36.4 Å². The fraction of sp³-hybridized carbons (Fsp3) is 0.250. The van der Waals surface area contributed by atoms with Gasteiger partial charge in [0.2, 0.25) is 0 Å². The van der Waals surface area contributed by atoms with Crippen molar-refractivity contribution in [3.63, 3.8) is 0 Å². The van der Waals surface area contributed by atoms with Gasteiger partial charge in [-0.3, -0.25) is 0 Å². The number of hydrogen-bond acceptors (Lipinski definition) is 1. The van der Waals surface area contributed by atoms with Crippen LogP contribution in [0, 0.1) is 19.7 Å². The minimum Gasteiger partial charge on any atom is -0.318 e. The van der Waals surface area contributed by atoms with Gasteiger partial charge in [-0.2, -0.15) is 0 Å². The van der Waals surface area contributed by atoms with E-state index >= 15 is 0 Å². The van der Waals surface area contributed by atoms with E-state index in [2.05, 4.69) is 0 Å². The zero-order chi connectivity index (χ0) is 14.2. The predicted molar refractivity (Wildman–Crippen MR) is 78.0 cm³/mol. The number of benzene rings is 2. The third kappa shape index (κ3) is 2.51. The average Bonchev–Trinajstić information content (AvgIpc) is 2.27. The third-order valence-corrected chi connectivity index (χ3v) is 3.71. The van der Waals surface area contributed by atoms with Gasteiger partial charge in [-0.05, 0) is 49.6 Å². The molecule has 1 atom stereocenters. The summed E-state index contributed by atoms with van der Waals surface area (Å²) in [6.45, 7) is 5.52. The largest absolute Gasteiger partial charge is 0.318 e. The Bertz CT molecular complexity index is 597. The molecule has 0 fully saturated rings. The lowest BCUT2D eigenvalue weighted by atomic mass is 9.82. The van der Waals surface area contributed by atoms with Crippen LogP contribution >= 0.6 is 11.6 Å². The molecular formula is C16H17ClFN. The van der Waals surface area contributed by atoms with E-state index in [1.807, 2.05) is 38.1 Å².